The smallest absolute Gasteiger partial charge is 0.303 e. The van der Waals surface area contributed by atoms with E-state index in [0.29, 0.717) is 5.92 Å². The van der Waals surface area contributed by atoms with E-state index < -0.39 is 5.97 Å². The molecule has 2 rings (SSSR count). The third kappa shape index (κ3) is 2.33. The van der Waals surface area contributed by atoms with Crippen molar-refractivity contribution in [2.75, 3.05) is 6.61 Å². The molecule has 3 heteroatoms. The summed E-state index contributed by atoms with van der Waals surface area (Å²) in [4.78, 5) is 11.2. The van der Waals surface area contributed by atoms with Gasteiger partial charge in [0.1, 0.15) is 0 Å². The van der Waals surface area contributed by atoms with E-state index in [-0.39, 0.29) is 29.8 Å². The molecular weight excluding hydrogens is 240 g/mol. The van der Waals surface area contributed by atoms with E-state index in [9.17, 15) is 15.0 Å². The van der Waals surface area contributed by atoms with Crippen LogP contribution in [0.3, 0.4) is 0 Å². The number of carboxylic acid groups (broad SMARTS) is 1. The lowest BCUT2D eigenvalue weighted by atomic mass is 9.47. The van der Waals surface area contributed by atoms with Crippen LogP contribution in [0.15, 0.2) is 12.2 Å². The molecule has 0 aromatic heterocycles. The Morgan fingerprint density at radius 3 is 2.68 bits per heavy atom. The first-order chi connectivity index (χ1) is 8.83. The molecule has 3 nitrogen and oxygen atoms in total. The van der Waals surface area contributed by atoms with Gasteiger partial charge in [-0.05, 0) is 48.3 Å². The second kappa shape index (κ2) is 4.93. The molecule has 2 saturated carbocycles. The summed E-state index contributed by atoms with van der Waals surface area (Å²) in [5, 5.41) is 19.0. The van der Waals surface area contributed by atoms with E-state index in [1.807, 2.05) is 0 Å². The predicted molar refractivity (Wildman–Crippen MR) is 74.8 cm³/mol. The van der Waals surface area contributed by atoms with Crippen molar-refractivity contribution in [1.29, 1.82) is 0 Å². The number of carbonyl (C=O) groups is 1. The third-order valence-corrected chi connectivity index (χ3v) is 5.88. The van der Waals surface area contributed by atoms with Gasteiger partial charge in [-0.2, -0.15) is 0 Å². The van der Waals surface area contributed by atoms with Crippen LogP contribution in [-0.4, -0.2) is 22.8 Å². The third-order valence-electron chi connectivity index (χ3n) is 5.88. The number of carboxylic acids is 1. The Balaban J connectivity index is 2.35. The Labute approximate surface area is 115 Å². The lowest BCUT2D eigenvalue weighted by Crippen LogP contribution is -2.52. The van der Waals surface area contributed by atoms with Gasteiger partial charge in [0.2, 0.25) is 0 Å². The Morgan fingerprint density at radius 1 is 1.42 bits per heavy atom. The van der Waals surface area contributed by atoms with Crippen LogP contribution in [0.1, 0.15) is 52.4 Å². The zero-order valence-corrected chi connectivity index (χ0v) is 12.1. The Kier molecular flexibility index (Phi) is 3.78. The van der Waals surface area contributed by atoms with Gasteiger partial charge in [-0.15, -0.1) is 0 Å². The van der Waals surface area contributed by atoms with Gasteiger partial charge in [-0.1, -0.05) is 32.4 Å². The summed E-state index contributed by atoms with van der Waals surface area (Å²) in [6.07, 6.45) is 5.33. The molecule has 2 N–H and O–H groups in total. The number of aliphatic carboxylic acids is 1. The minimum absolute atomic E-state index is 0.0105. The molecular formula is C16H26O3. The molecule has 19 heavy (non-hydrogen) atoms. The van der Waals surface area contributed by atoms with Crippen molar-refractivity contribution in [2.24, 2.45) is 22.7 Å². The van der Waals surface area contributed by atoms with Crippen LogP contribution in [0.25, 0.3) is 0 Å². The predicted octanol–water partition coefficient (Wildman–Crippen LogP) is 3.23. The molecule has 0 aliphatic heterocycles. The molecule has 4 atom stereocenters. The van der Waals surface area contributed by atoms with Gasteiger partial charge in [-0.25, -0.2) is 0 Å². The summed E-state index contributed by atoms with van der Waals surface area (Å²) in [5.74, 6) is -0.257. The van der Waals surface area contributed by atoms with E-state index >= 15 is 0 Å². The molecule has 2 aliphatic carbocycles. The minimum atomic E-state index is -0.732. The number of fused-ring (bicyclic) bond motifs is 1. The summed E-state index contributed by atoms with van der Waals surface area (Å²) >= 11 is 0. The molecule has 0 aromatic carbocycles. The molecule has 4 unspecified atom stereocenters. The zero-order chi connectivity index (χ0) is 14.3. The molecule has 0 saturated heterocycles. The monoisotopic (exact) mass is 266 g/mol. The van der Waals surface area contributed by atoms with Crippen LogP contribution in [0.5, 0.6) is 0 Å². The van der Waals surface area contributed by atoms with E-state index in [1.54, 1.807) is 0 Å². The number of hydrogen-bond acceptors (Lipinski definition) is 2. The van der Waals surface area contributed by atoms with Gasteiger partial charge in [-0.3, -0.25) is 4.79 Å². The first-order valence-corrected chi connectivity index (χ1v) is 7.34. The van der Waals surface area contributed by atoms with Crippen LogP contribution in [-0.2, 0) is 4.79 Å². The fraction of sp³-hybridized carbons (Fsp3) is 0.812. The number of hydrogen-bond donors (Lipinski definition) is 2. The number of aliphatic hydroxyl groups is 1. The van der Waals surface area contributed by atoms with Crippen molar-refractivity contribution in [2.45, 2.75) is 52.4 Å². The Morgan fingerprint density at radius 2 is 2.11 bits per heavy atom. The average molecular weight is 266 g/mol. The average Bonchev–Trinajstić information content (AvgIpc) is 2.33. The summed E-state index contributed by atoms with van der Waals surface area (Å²) in [5.41, 5.74) is 1.04. The highest BCUT2D eigenvalue weighted by molar-refractivity contribution is 5.67. The molecule has 0 amide bonds. The maximum absolute atomic E-state index is 11.2. The van der Waals surface area contributed by atoms with Crippen molar-refractivity contribution in [3.63, 3.8) is 0 Å². The lowest BCUT2D eigenvalue weighted by Gasteiger charge is -2.58. The fourth-order valence-corrected chi connectivity index (χ4v) is 4.82. The van der Waals surface area contributed by atoms with Crippen LogP contribution in [0.2, 0.25) is 0 Å². The van der Waals surface area contributed by atoms with Crippen LogP contribution < -0.4 is 0 Å². The normalized spacial score (nSPS) is 42.8. The van der Waals surface area contributed by atoms with Crippen molar-refractivity contribution in [1.82, 2.24) is 0 Å². The molecule has 0 spiro atoms. The quantitative estimate of drug-likeness (QED) is 0.771. The molecule has 0 bridgehead atoms. The molecule has 0 aromatic rings. The molecule has 0 heterocycles. The van der Waals surface area contributed by atoms with Gasteiger partial charge in [0, 0.05) is 6.61 Å². The van der Waals surface area contributed by atoms with Crippen LogP contribution in [0.4, 0.5) is 0 Å². The highest BCUT2D eigenvalue weighted by atomic mass is 16.4. The largest absolute Gasteiger partial charge is 0.481 e. The van der Waals surface area contributed by atoms with E-state index in [4.69, 9.17) is 0 Å². The molecule has 0 radical (unpaired) electrons. The van der Waals surface area contributed by atoms with Crippen molar-refractivity contribution in [3.8, 4) is 0 Å². The first-order valence-electron chi connectivity index (χ1n) is 7.34. The lowest BCUT2D eigenvalue weighted by molar-refractivity contribution is -0.142. The van der Waals surface area contributed by atoms with E-state index in [2.05, 4.69) is 20.4 Å². The van der Waals surface area contributed by atoms with Gasteiger partial charge in [0.15, 0.2) is 0 Å². The van der Waals surface area contributed by atoms with E-state index in [0.717, 1.165) is 37.7 Å². The summed E-state index contributed by atoms with van der Waals surface area (Å²) in [6.45, 7) is 8.73. The number of aliphatic hydroxyl groups excluding tert-OH is 1. The SMILES string of the molecule is C=C1CCC2C(C)(CO)CCCC2(C)C1CC(=O)O. The fourth-order valence-electron chi connectivity index (χ4n) is 4.82. The molecule has 2 fully saturated rings. The van der Waals surface area contributed by atoms with E-state index in [1.165, 1.54) is 0 Å². The summed E-state index contributed by atoms with van der Waals surface area (Å²) < 4.78 is 0. The first kappa shape index (κ1) is 14.6. The zero-order valence-electron chi connectivity index (χ0n) is 12.1. The van der Waals surface area contributed by atoms with Gasteiger partial charge in [0.05, 0.1) is 6.42 Å². The topological polar surface area (TPSA) is 57.5 Å². The Bertz CT molecular complexity index is 389. The second-order valence-corrected chi connectivity index (χ2v) is 7.07. The second-order valence-electron chi connectivity index (χ2n) is 7.07. The number of allylic oxidation sites excluding steroid dienone is 1. The maximum Gasteiger partial charge on any atom is 0.303 e. The van der Waals surface area contributed by atoms with Crippen LogP contribution in [0, 0.1) is 22.7 Å². The molecule has 108 valence electrons. The van der Waals surface area contributed by atoms with Gasteiger partial charge in [0.25, 0.3) is 0 Å². The Hall–Kier alpha value is -0.830. The summed E-state index contributed by atoms with van der Waals surface area (Å²) in [6, 6.07) is 0. The van der Waals surface area contributed by atoms with Crippen molar-refractivity contribution in [3.05, 3.63) is 12.2 Å². The van der Waals surface area contributed by atoms with Gasteiger partial charge >= 0.3 is 5.97 Å². The highest BCUT2D eigenvalue weighted by Gasteiger charge is 2.54. The van der Waals surface area contributed by atoms with Crippen molar-refractivity contribution >= 4 is 5.97 Å². The summed E-state index contributed by atoms with van der Waals surface area (Å²) in [7, 11) is 0. The molecule has 2 aliphatic rings. The van der Waals surface area contributed by atoms with Gasteiger partial charge < -0.3 is 10.2 Å². The van der Waals surface area contributed by atoms with Crippen LogP contribution >= 0.6 is 0 Å². The number of rotatable bonds is 3. The maximum atomic E-state index is 11.2. The highest BCUT2D eigenvalue weighted by Crippen LogP contribution is 2.61. The van der Waals surface area contributed by atoms with Crippen molar-refractivity contribution < 1.29 is 15.0 Å². The standard InChI is InChI=1S/C16H26O3/c1-11-5-6-13-15(2,10-17)7-4-8-16(13,3)12(11)9-14(18)19/h12-13,17H,1,4-10H2,2-3H3,(H,18,19). The minimum Gasteiger partial charge on any atom is -0.481 e.